The number of halogens is 1. The average molecular weight is 292 g/mol. The number of hydrogen-bond acceptors (Lipinski definition) is 3. The topological polar surface area (TPSA) is 79.4 Å². The number of nitrogens with one attached hydrogen (secondary N) is 2. The molecule has 6 nitrogen and oxygen atoms in total. The summed E-state index contributed by atoms with van der Waals surface area (Å²) >= 11 is 6.28. The van der Waals surface area contributed by atoms with Crippen molar-refractivity contribution < 1.29 is 0 Å². The summed E-state index contributed by atoms with van der Waals surface area (Å²) in [5.41, 5.74) is 2.57. The largest absolute Gasteiger partial charge is 0.327 e. The Morgan fingerprint density at radius 2 is 2.30 bits per heavy atom. The number of aromatic amines is 2. The number of hydrogen-bond donors (Lipinski definition) is 2. The van der Waals surface area contributed by atoms with Gasteiger partial charge in [0.15, 0.2) is 5.65 Å². The van der Waals surface area contributed by atoms with E-state index >= 15 is 0 Å². The number of fused-ring (bicyclic) bond motifs is 1. The third-order valence-electron chi connectivity index (χ3n) is 3.49. The molecule has 0 saturated heterocycles. The normalized spacial score (nSPS) is 12.9. The second-order valence-electron chi connectivity index (χ2n) is 4.71. The van der Waals surface area contributed by atoms with Gasteiger partial charge in [-0.2, -0.15) is 5.10 Å². The van der Waals surface area contributed by atoms with Crippen LogP contribution in [0, 0.1) is 0 Å². The Kier molecular flexibility index (Phi) is 3.10. The quantitative estimate of drug-likeness (QED) is 0.778. The molecule has 3 rings (SSSR count). The predicted octanol–water partition coefficient (Wildman–Crippen LogP) is 2.74. The van der Waals surface area contributed by atoms with E-state index in [1.165, 1.54) is 6.20 Å². The summed E-state index contributed by atoms with van der Waals surface area (Å²) in [6, 6.07) is 1.87. The minimum Gasteiger partial charge on any atom is -0.290 e. The van der Waals surface area contributed by atoms with Gasteiger partial charge in [0.05, 0.1) is 16.2 Å². The van der Waals surface area contributed by atoms with Crippen molar-refractivity contribution in [2.75, 3.05) is 0 Å². The van der Waals surface area contributed by atoms with E-state index in [0.717, 1.165) is 17.7 Å². The van der Waals surface area contributed by atoms with E-state index in [4.69, 9.17) is 11.6 Å². The molecule has 0 fully saturated rings. The molecule has 0 radical (unpaired) electrons. The van der Waals surface area contributed by atoms with Crippen molar-refractivity contribution in [1.29, 1.82) is 0 Å². The molecule has 0 unspecified atom stereocenters. The summed E-state index contributed by atoms with van der Waals surface area (Å²) < 4.78 is 1.70. The fourth-order valence-corrected chi connectivity index (χ4v) is 2.56. The first-order chi connectivity index (χ1) is 9.63. The molecule has 1 atom stereocenters. The molecule has 20 heavy (non-hydrogen) atoms. The zero-order chi connectivity index (χ0) is 14.3. The Bertz CT molecular complexity index is 802. The number of rotatable bonds is 3. The van der Waals surface area contributed by atoms with Gasteiger partial charge in [-0.3, -0.25) is 14.6 Å². The van der Waals surface area contributed by atoms with Crippen molar-refractivity contribution >= 4 is 22.8 Å². The summed E-state index contributed by atoms with van der Waals surface area (Å²) in [6.45, 7) is 4.02. The Labute approximate surface area is 119 Å². The van der Waals surface area contributed by atoms with Crippen molar-refractivity contribution in [1.82, 2.24) is 24.7 Å². The zero-order valence-corrected chi connectivity index (χ0v) is 11.9. The van der Waals surface area contributed by atoms with E-state index < -0.39 is 0 Å². The summed E-state index contributed by atoms with van der Waals surface area (Å²) in [7, 11) is 0. The molecule has 7 heteroatoms. The maximum atomic E-state index is 12.2. The van der Waals surface area contributed by atoms with Crippen LogP contribution in [-0.4, -0.2) is 24.7 Å². The number of nitrogens with zero attached hydrogens (tertiary/aromatic N) is 3. The molecule has 0 aromatic carbocycles. The van der Waals surface area contributed by atoms with E-state index in [9.17, 15) is 4.79 Å². The Morgan fingerprint density at radius 3 is 2.95 bits per heavy atom. The molecule has 0 aliphatic rings. The van der Waals surface area contributed by atoms with Gasteiger partial charge in [-0.1, -0.05) is 18.5 Å². The van der Waals surface area contributed by atoms with E-state index in [0.29, 0.717) is 16.2 Å². The van der Waals surface area contributed by atoms with Crippen molar-refractivity contribution in [3.05, 3.63) is 34.0 Å². The molecule has 0 aliphatic heterocycles. The first-order valence-electron chi connectivity index (χ1n) is 6.42. The summed E-state index contributed by atoms with van der Waals surface area (Å²) in [5, 5.41) is 7.32. The standard InChI is InChI=1S/C13H14ClN5O/c1-3-7(2)19-11-10(9-4-5-16-18-9)8(14)6-15-12(11)17-13(19)20/h4-7H,3H2,1-2H3,(H,16,18)(H,15,17,20)/t7-/m1/s1. The van der Waals surface area contributed by atoms with Crippen molar-refractivity contribution in [2.24, 2.45) is 0 Å². The van der Waals surface area contributed by atoms with Gasteiger partial charge in [-0.25, -0.2) is 9.78 Å². The van der Waals surface area contributed by atoms with Gasteiger partial charge < -0.3 is 0 Å². The molecular formula is C13H14ClN5O. The van der Waals surface area contributed by atoms with Crippen LogP contribution in [0.25, 0.3) is 22.4 Å². The molecular weight excluding hydrogens is 278 g/mol. The number of aromatic nitrogens is 5. The third-order valence-corrected chi connectivity index (χ3v) is 3.78. The molecule has 0 saturated carbocycles. The van der Waals surface area contributed by atoms with Gasteiger partial charge in [0.25, 0.3) is 0 Å². The fourth-order valence-electron chi connectivity index (χ4n) is 2.32. The molecule has 3 aromatic rings. The molecule has 0 amide bonds. The van der Waals surface area contributed by atoms with E-state index in [1.54, 1.807) is 10.8 Å². The lowest BCUT2D eigenvalue weighted by Gasteiger charge is -2.13. The molecule has 2 N–H and O–H groups in total. The van der Waals surface area contributed by atoms with Gasteiger partial charge >= 0.3 is 5.69 Å². The van der Waals surface area contributed by atoms with E-state index in [2.05, 4.69) is 20.2 Å². The zero-order valence-electron chi connectivity index (χ0n) is 11.1. The summed E-state index contributed by atoms with van der Waals surface area (Å²) in [4.78, 5) is 19.2. The highest BCUT2D eigenvalue weighted by molar-refractivity contribution is 6.34. The predicted molar refractivity (Wildman–Crippen MR) is 77.9 cm³/mol. The average Bonchev–Trinajstić information content (AvgIpc) is 3.05. The highest BCUT2D eigenvalue weighted by Crippen LogP contribution is 2.33. The first-order valence-corrected chi connectivity index (χ1v) is 6.79. The summed E-state index contributed by atoms with van der Waals surface area (Å²) in [6.07, 6.45) is 4.02. The second-order valence-corrected chi connectivity index (χ2v) is 5.11. The lowest BCUT2D eigenvalue weighted by atomic mass is 10.1. The van der Waals surface area contributed by atoms with Crippen molar-refractivity contribution in [2.45, 2.75) is 26.3 Å². The molecule has 104 valence electrons. The van der Waals surface area contributed by atoms with E-state index in [-0.39, 0.29) is 11.7 Å². The van der Waals surface area contributed by atoms with Crippen LogP contribution in [0.2, 0.25) is 5.02 Å². The van der Waals surface area contributed by atoms with Crippen molar-refractivity contribution in [3.8, 4) is 11.3 Å². The molecule has 3 heterocycles. The highest BCUT2D eigenvalue weighted by atomic mass is 35.5. The minimum atomic E-state index is -0.176. The Balaban J connectivity index is 2.44. The number of imidazole rings is 1. The van der Waals surface area contributed by atoms with Crippen LogP contribution in [-0.2, 0) is 0 Å². The smallest absolute Gasteiger partial charge is 0.290 e. The van der Waals surface area contributed by atoms with Gasteiger partial charge in [-0.05, 0) is 19.4 Å². The minimum absolute atomic E-state index is 0.0539. The number of pyridine rings is 1. The second kappa shape index (κ2) is 4.79. The fraction of sp³-hybridized carbons (Fsp3) is 0.308. The van der Waals surface area contributed by atoms with E-state index in [1.807, 2.05) is 19.9 Å². The third kappa shape index (κ3) is 1.84. The summed E-state index contributed by atoms with van der Waals surface area (Å²) in [5.74, 6) is 0. The molecule has 0 aliphatic carbocycles. The maximum Gasteiger partial charge on any atom is 0.327 e. The Hall–Kier alpha value is -2.08. The van der Waals surface area contributed by atoms with Crippen LogP contribution in [0.15, 0.2) is 23.3 Å². The maximum absolute atomic E-state index is 12.2. The van der Waals surface area contributed by atoms with Gasteiger partial charge in [0.1, 0.15) is 0 Å². The van der Waals surface area contributed by atoms with Crippen LogP contribution in [0.5, 0.6) is 0 Å². The van der Waals surface area contributed by atoms with Gasteiger partial charge in [-0.15, -0.1) is 0 Å². The Morgan fingerprint density at radius 1 is 1.50 bits per heavy atom. The number of H-pyrrole nitrogens is 2. The molecule has 0 bridgehead atoms. The van der Waals surface area contributed by atoms with Gasteiger partial charge in [0.2, 0.25) is 0 Å². The lowest BCUT2D eigenvalue weighted by molar-refractivity contribution is 0.530. The van der Waals surface area contributed by atoms with Crippen LogP contribution in [0.3, 0.4) is 0 Å². The van der Waals surface area contributed by atoms with Gasteiger partial charge in [0, 0.05) is 24.0 Å². The molecule has 3 aromatic heterocycles. The van der Waals surface area contributed by atoms with Crippen LogP contribution in [0.4, 0.5) is 0 Å². The van der Waals surface area contributed by atoms with Crippen LogP contribution in [0.1, 0.15) is 26.3 Å². The first kappa shape index (κ1) is 12.9. The van der Waals surface area contributed by atoms with Crippen LogP contribution < -0.4 is 5.69 Å². The monoisotopic (exact) mass is 291 g/mol. The van der Waals surface area contributed by atoms with Crippen molar-refractivity contribution in [3.63, 3.8) is 0 Å². The highest BCUT2D eigenvalue weighted by Gasteiger charge is 2.19. The van der Waals surface area contributed by atoms with Crippen LogP contribution >= 0.6 is 11.6 Å². The molecule has 0 spiro atoms. The lowest BCUT2D eigenvalue weighted by Crippen LogP contribution is -2.20. The SMILES string of the molecule is CC[C@@H](C)n1c(=O)[nH]c2ncc(Cl)c(-c3ccn[nH]3)c21.